The van der Waals surface area contributed by atoms with Crippen molar-refractivity contribution < 1.29 is 9.59 Å². The summed E-state index contributed by atoms with van der Waals surface area (Å²) < 4.78 is 0. The maximum Gasteiger partial charge on any atom is 0.251 e. The molecule has 3 N–H and O–H groups in total. The Kier molecular flexibility index (Phi) is 4.96. The number of benzene rings is 1. The van der Waals surface area contributed by atoms with E-state index < -0.39 is 0 Å². The van der Waals surface area contributed by atoms with Crippen molar-refractivity contribution in [1.82, 2.24) is 10.6 Å². The summed E-state index contributed by atoms with van der Waals surface area (Å²) in [4.78, 5) is 24.0. The molecule has 21 heavy (non-hydrogen) atoms. The summed E-state index contributed by atoms with van der Waals surface area (Å²) in [5, 5.41) is 8.99. The third-order valence-electron chi connectivity index (χ3n) is 3.60. The standard InChI is InChI=1S/C16H23N3O2/c1-10(2)18-15(20)12-4-5-14(11(3)8-12)19-16(21)13-6-7-17-9-13/h4-5,8,10,13,17H,6-7,9H2,1-3H3,(H,18,20)(H,19,21). The van der Waals surface area contributed by atoms with E-state index in [9.17, 15) is 9.59 Å². The highest BCUT2D eigenvalue weighted by Gasteiger charge is 2.22. The van der Waals surface area contributed by atoms with E-state index in [-0.39, 0.29) is 23.8 Å². The van der Waals surface area contributed by atoms with Crippen LogP contribution in [0.4, 0.5) is 5.69 Å². The average molecular weight is 289 g/mol. The van der Waals surface area contributed by atoms with Crippen LogP contribution in [0.5, 0.6) is 0 Å². The Balaban J connectivity index is 2.05. The van der Waals surface area contributed by atoms with Crippen LogP contribution in [-0.4, -0.2) is 30.9 Å². The monoisotopic (exact) mass is 289 g/mol. The summed E-state index contributed by atoms with van der Waals surface area (Å²) >= 11 is 0. The molecule has 0 radical (unpaired) electrons. The number of carbonyl (C=O) groups excluding carboxylic acids is 2. The number of carbonyl (C=O) groups is 2. The number of anilines is 1. The van der Waals surface area contributed by atoms with Gasteiger partial charge in [-0.2, -0.15) is 0 Å². The first kappa shape index (κ1) is 15.5. The van der Waals surface area contributed by atoms with E-state index in [1.54, 1.807) is 18.2 Å². The molecule has 1 heterocycles. The minimum atomic E-state index is -0.0917. The van der Waals surface area contributed by atoms with Crippen molar-refractivity contribution in [3.05, 3.63) is 29.3 Å². The molecule has 5 heteroatoms. The van der Waals surface area contributed by atoms with Gasteiger partial charge in [0.05, 0.1) is 5.92 Å². The molecular formula is C16H23N3O2. The molecule has 0 spiro atoms. The van der Waals surface area contributed by atoms with Crippen LogP contribution >= 0.6 is 0 Å². The number of rotatable bonds is 4. The molecule has 2 amide bonds. The normalized spacial score (nSPS) is 17.8. The van der Waals surface area contributed by atoms with Gasteiger partial charge in [-0.3, -0.25) is 9.59 Å². The van der Waals surface area contributed by atoms with Crippen LogP contribution in [-0.2, 0) is 4.79 Å². The van der Waals surface area contributed by atoms with E-state index >= 15 is 0 Å². The molecule has 0 aliphatic carbocycles. The van der Waals surface area contributed by atoms with E-state index in [4.69, 9.17) is 0 Å². The summed E-state index contributed by atoms with van der Waals surface area (Å²) in [6.45, 7) is 7.38. The third-order valence-corrected chi connectivity index (χ3v) is 3.60. The first-order chi connectivity index (χ1) is 9.97. The van der Waals surface area contributed by atoms with Gasteiger partial charge < -0.3 is 16.0 Å². The van der Waals surface area contributed by atoms with Crippen LogP contribution in [0.25, 0.3) is 0 Å². The van der Waals surface area contributed by atoms with E-state index in [1.807, 2.05) is 20.8 Å². The highest BCUT2D eigenvalue weighted by molar-refractivity contribution is 5.97. The molecule has 1 aromatic carbocycles. The quantitative estimate of drug-likeness (QED) is 0.790. The van der Waals surface area contributed by atoms with Gasteiger partial charge in [0.2, 0.25) is 5.91 Å². The van der Waals surface area contributed by atoms with Crippen molar-refractivity contribution >= 4 is 17.5 Å². The van der Waals surface area contributed by atoms with Gasteiger partial charge >= 0.3 is 0 Å². The lowest BCUT2D eigenvalue weighted by molar-refractivity contribution is -0.119. The Morgan fingerprint density at radius 2 is 2.10 bits per heavy atom. The molecule has 2 rings (SSSR count). The van der Waals surface area contributed by atoms with Crippen molar-refractivity contribution in [3.63, 3.8) is 0 Å². The third kappa shape index (κ3) is 4.04. The summed E-state index contributed by atoms with van der Waals surface area (Å²) in [5.41, 5.74) is 2.28. The SMILES string of the molecule is Cc1cc(C(=O)NC(C)C)ccc1NC(=O)C1CCNC1. The molecule has 1 aliphatic heterocycles. The molecule has 114 valence electrons. The molecule has 1 saturated heterocycles. The van der Waals surface area contributed by atoms with Crippen molar-refractivity contribution in [3.8, 4) is 0 Å². The first-order valence-corrected chi connectivity index (χ1v) is 7.40. The van der Waals surface area contributed by atoms with E-state index in [0.29, 0.717) is 5.56 Å². The predicted octanol–water partition coefficient (Wildman–Crippen LogP) is 1.68. The Morgan fingerprint density at radius 1 is 1.33 bits per heavy atom. The van der Waals surface area contributed by atoms with Gasteiger partial charge in [-0.25, -0.2) is 0 Å². The topological polar surface area (TPSA) is 70.2 Å². The highest BCUT2D eigenvalue weighted by atomic mass is 16.2. The zero-order valence-corrected chi connectivity index (χ0v) is 12.8. The van der Waals surface area contributed by atoms with Gasteiger partial charge in [-0.05, 0) is 57.5 Å². The minimum Gasteiger partial charge on any atom is -0.350 e. The van der Waals surface area contributed by atoms with Crippen LogP contribution < -0.4 is 16.0 Å². The van der Waals surface area contributed by atoms with Gasteiger partial charge in [0.1, 0.15) is 0 Å². The fourth-order valence-corrected chi connectivity index (χ4v) is 2.40. The van der Waals surface area contributed by atoms with Crippen molar-refractivity contribution in [1.29, 1.82) is 0 Å². The lowest BCUT2D eigenvalue weighted by atomic mass is 10.1. The Morgan fingerprint density at radius 3 is 2.67 bits per heavy atom. The molecule has 1 fully saturated rings. The summed E-state index contributed by atoms with van der Waals surface area (Å²) in [5.74, 6) is -0.0123. The number of hydrogen-bond acceptors (Lipinski definition) is 3. The maximum absolute atomic E-state index is 12.1. The van der Waals surface area contributed by atoms with Crippen LogP contribution in [0.2, 0.25) is 0 Å². The second-order valence-corrected chi connectivity index (χ2v) is 5.84. The van der Waals surface area contributed by atoms with Crippen LogP contribution in [0.1, 0.15) is 36.2 Å². The number of amides is 2. The number of aryl methyl sites for hydroxylation is 1. The van der Waals surface area contributed by atoms with Gasteiger partial charge in [0.25, 0.3) is 5.91 Å². The number of nitrogens with one attached hydrogen (secondary N) is 3. The minimum absolute atomic E-state index is 0.0355. The Bertz CT molecular complexity index is 534. The van der Waals surface area contributed by atoms with Gasteiger partial charge in [-0.1, -0.05) is 0 Å². The summed E-state index contributed by atoms with van der Waals surface area (Å²) in [7, 11) is 0. The van der Waals surface area contributed by atoms with Crippen LogP contribution in [0.15, 0.2) is 18.2 Å². The lowest BCUT2D eigenvalue weighted by Crippen LogP contribution is -2.30. The molecular weight excluding hydrogens is 266 g/mol. The Labute approximate surface area is 125 Å². The van der Waals surface area contributed by atoms with E-state index in [1.165, 1.54) is 0 Å². The zero-order chi connectivity index (χ0) is 15.4. The average Bonchev–Trinajstić information content (AvgIpc) is 2.94. The summed E-state index contributed by atoms with van der Waals surface area (Å²) in [6.07, 6.45) is 0.875. The molecule has 1 aromatic rings. The molecule has 1 unspecified atom stereocenters. The smallest absolute Gasteiger partial charge is 0.251 e. The van der Waals surface area contributed by atoms with Crippen LogP contribution in [0.3, 0.4) is 0 Å². The fourth-order valence-electron chi connectivity index (χ4n) is 2.40. The second kappa shape index (κ2) is 6.72. The number of hydrogen-bond donors (Lipinski definition) is 3. The molecule has 1 atom stereocenters. The highest BCUT2D eigenvalue weighted by Crippen LogP contribution is 2.19. The first-order valence-electron chi connectivity index (χ1n) is 7.40. The summed E-state index contributed by atoms with van der Waals surface area (Å²) in [6, 6.07) is 5.45. The van der Waals surface area contributed by atoms with Crippen molar-refractivity contribution in [2.75, 3.05) is 18.4 Å². The second-order valence-electron chi connectivity index (χ2n) is 5.84. The van der Waals surface area contributed by atoms with Crippen molar-refractivity contribution in [2.45, 2.75) is 33.2 Å². The zero-order valence-electron chi connectivity index (χ0n) is 12.8. The van der Waals surface area contributed by atoms with Crippen molar-refractivity contribution in [2.24, 2.45) is 5.92 Å². The largest absolute Gasteiger partial charge is 0.350 e. The molecule has 1 aliphatic rings. The molecule has 5 nitrogen and oxygen atoms in total. The van der Waals surface area contributed by atoms with E-state index in [0.717, 1.165) is 30.8 Å². The maximum atomic E-state index is 12.1. The fraction of sp³-hybridized carbons (Fsp3) is 0.500. The van der Waals surface area contributed by atoms with E-state index in [2.05, 4.69) is 16.0 Å². The van der Waals surface area contributed by atoms with Gasteiger partial charge in [0.15, 0.2) is 0 Å². The lowest BCUT2D eigenvalue weighted by Gasteiger charge is -2.14. The van der Waals surface area contributed by atoms with Gasteiger partial charge in [0, 0.05) is 23.8 Å². The van der Waals surface area contributed by atoms with Gasteiger partial charge in [-0.15, -0.1) is 0 Å². The molecule has 0 bridgehead atoms. The molecule has 0 aromatic heterocycles. The van der Waals surface area contributed by atoms with Crippen LogP contribution in [0, 0.1) is 12.8 Å². The predicted molar refractivity (Wildman–Crippen MR) is 83.4 cm³/mol. The molecule has 0 saturated carbocycles. The Hall–Kier alpha value is -1.88.